The topological polar surface area (TPSA) is 47.8 Å². The Morgan fingerprint density at radius 1 is 1.12 bits per heavy atom. The summed E-state index contributed by atoms with van der Waals surface area (Å²) in [6, 6.07) is 9.29. The maximum Gasteiger partial charge on any atom is 0.254 e. The van der Waals surface area contributed by atoms with Gasteiger partial charge in [0.15, 0.2) is 0 Å². The smallest absolute Gasteiger partial charge is 0.254 e. The molecule has 0 saturated carbocycles. The van der Waals surface area contributed by atoms with Crippen LogP contribution in [0.3, 0.4) is 0 Å². The number of carbonyl (C=O) groups is 1. The Kier molecular flexibility index (Phi) is 6.01. The summed E-state index contributed by atoms with van der Waals surface area (Å²) in [5.74, 6) is -0.870. The van der Waals surface area contributed by atoms with Crippen LogP contribution in [0.25, 0.3) is 0 Å². The Balaban J connectivity index is 1.64. The second-order valence-electron chi connectivity index (χ2n) is 6.47. The van der Waals surface area contributed by atoms with Crippen LogP contribution in [0.2, 0.25) is 10.0 Å². The van der Waals surface area contributed by atoms with E-state index in [1.165, 1.54) is 29.2 Å². The molecule has 2 aromatic rings. The van der Waals surface area contributed by atoms with E-state index >= 15 is 0 Å². The molecular weight excluding hydrogens is 378 g/mol. The SMILES string of the molecule is O=C(c1cc(Cl)c([O-])c(Cl)c1)N1CCC[NH+](Cc2ccc(F)cc2)CC1. The highest BCUT2D eigenvalue weighted by atomic mass is 35.5. The standard InChI is InChI=1S/C19H19Cl2FN2O2/c20-16-10-14(11-17(21)18(16)25)19(26)24-7-1-6-23(8-9-24)12-13-2-4-15(22)5-3-13/h2-5,10-11,25H,1,6-9,12H2. The van der Waals surface area contributed by atoms with E-state index in [2.05, 4.69) is 0 Å². The van der Waals surface area contributed by atoms with E-state index in [0.29, 0.717) is 18.7 Å². The second kappa shape index (κ2) is 8.25. The molecule has 1 unspecified atom stereocenters. The van der Waals surface area contributed by atoms with Crippen LogP contribution in [0.1, 0.15) is 22.3 Å². The lowest BCUT2D eigenvalue weighted by molar-refractivity contribution is -0.911. The quantitative estimate of drug-likeness (QED) is 0.863. The van der Waals surface area contributed by atoms with Gasteiger partial charge in [-0.2, -0.15) is 0 Å². The van der Waals surface area contributed by atoms with Crippen LogP contribution in [0.4, 0.5) is 4.39 Å². The van der Waals surface area contributed by atoms with E-state index in [0.717, 1.165) is 31.6 Å². The van der Waals surface area contributed by atoms with Crippen molar-refractivity contribution in [3.8, 4) is 5.75 Å². The van der Waals surface area contributed by atoms with Crippen molar-refractivity contribution < 1.29 is 19.2 Å². The van der Waals surface area contributed by atoms with Gasteiger partial charge in [0, 0.05) is 34.1 Å². The Morgan fingerprint density at radius 3 is 2.42 bits per heavy atom. The lowest BCUT2D eigenvalue weighted by Crippen LogP contribution is -3.11. The van der Waals surface area contributed by atoms with E-state index < -0.39 is 5.75 Å². The summed E-state index contributed by atoms with van der Waals surface area (Å²) in [5.41, 5.74) is 1.41. The fraction of sp³-hybridized carbons (Fsp3) is 0.316. The van der Waals surface area contributed by atoms with Crippen molar-refractivity contribution in [1.29, 1.82) is 0 Å². The van der Waals surface area contributed by atoms with Crippen molar-refractivity contribution in [3.05, 3.63) is 63.4 Å². The molecule has 4 nitrogen and oxygen atoms in total. The molecule has 1 fully saturated rings. The van der Waals surface area contributed by atoms with Crippen molar-refractivity contribution in [3.63, 3.8) is 0 Å². The molecule has 1 saturated heterocycles. The van der Waals surface area contributed by atoms with Gasteiger partial charge in [0.25, 0.3) is 5.91 Å². The molecule has 3 rings (SSSR count). The molecule has 1 atom stereocenters. The average Bonchev–Trinajstić information content (AvgIpc) is 2.86. The molecule has 1 aliphatic rings. The van der Waals surface area contributed by atoms with Crippen molar-refractivity contribution in [2.75, 3.05) is 26.2 Å². The number of halogens is 3. The highest BCUT2D eigenvalue weighted by Gasteiger charge is 2.23. The number of amides is 1. The third-order valence-electron chi connectivity index (χ3n) is 4.59. The van der Waals surface area contributed by atoms with Crippen LogP contribution >= 0.6 is 23.2 Å². The Morgan fingerprint density at radius 2 is 1.77 bits per heavy atom. The first-order valence-corrected chi connectivity index (χ1v) is 9.23. The van der Waals surface area contributed by atoms with Crippen molar-refractivity contribution in [2.45, 2.75) is 13.0 Å². The third-order valence-corrected chi connectivity index (χ3v) is 5.15. The Hall–Kier alpha value is -1.82. The van der Waals surface area contributed by atoms with Crippen LogP contribution in [0.5, 0.6) is 5.75 Å². The lowest BCUT2D eigenvalue weighted by Gasteiger charge is -2.21. The van der Waals surface area contributed by atoms with E-state index in [9.17, 15) is 14.3 Å². The minimum Gasteiger partial charge on any atom is -0.870 e. The van der Waals surface area contributed by atoms with Gasteiger partial charge in [-0.1, -0.05) is 41.1 Å². The Bertz CT molecular complexity index is 776. The molecule has 0 aromatic heterocycles. The number of hydrogen-bond acceptors (Lipinski definition) is 2. The van der Waals surface area contributed by atoms with Crippen LogP contribution in [0, 0.1) is 5.82 Å². The maximum atomic E-state index is 13.0. The van der Waals surface area contributed by atoms with Crippen molar-refractivity contribution in [1.82, 2.24) is 4.90 Å². The van der Waals surface area contributed by atoms with Crippen LogP contribution in [-0.2, 0) is 6.54 Å². The van der Waals surface area contributed by atoms with Crippen molar-refractivity contribution >= 4 is 29.1 Å². The van der Waals surface area contributed by atoms with Gasteiger partial charge in [0.05, 0.1) is 19.6 Å². The summed E-state index contributed by atoms with van der Waals surface area (Å²) in [5, 5.41) is 11.5. The summed E-state index contributed by atoms with van der Waals surface area (Å²) in [7, 11) is 0. The van der Waals surface area contributed by atoms with Crippen LogP contribution < -0.4 is 10.0 Å². The fourth-order valence-electron chi connectivity index (χ4n) is 3.19. The molecule has 7 heteroatoms. The van der Waals surface area contributed by atoms with Crippen LogP contribution in [-0.4, -0.2) is 37.0 Å². The summed E-state index contributed by atoms with van der Waals surface area (Å²) in [6.07, 6.45) is 0.864. The summed E-state index contributed by atoms with van der Waals surface area (Å²) >= 11 is 11.7. The number of carbonyl (C=O) groups excluding carboxylic acids is 1. The largest absolute Gasteiger partial charge is 0.870 e. The van der Waals surface area contributed by atoms with Crippen molar-refractivity contribution in [2.24, 2.45) is 0 Å². The molecule has 1 amide bonds. The van der Waals surface area contributed by atoms with E-state index in [1.54, 1.807) is 17.0 Å². The molecule has 0 bridgehead atoms. The molecule has 138 valence electrons. The summed E-state index contributed by atoms with van der Waals surface area (Å²) in [4.78, 5) is 15.8. The molecule has 0 spiro atoms. The van der Waals surface area contributed by atoms with Gasteiger partial charge in [-0.05, 0) is 24.3 Å². The molecule has 0 radical (unpaired) electrons. The van der Waals surface area contributed by atoms with Gasteiger partial charge in [0.1, 0.15) is 12.4 Å². The predicted octanol–water partition coefficient (Wildman–Crippen LogP) is 2.14. The minimum atomic E-state index is -0.462. The number of rotatable bonds is 3. The number of nitrogens with one attached hydrogen (secondary N) is 1. The zero-order valence-corrected chi connectivity index (χ0v) is 15.6. The molecule has 1 heterocycles. The van der Waals surface area contributed by atoms with E-state index in [1.807, 2.05) is 0 Å². The molecule has 1 N–H and O–H groups in total. The lowest BCUT2D eigenvalue weighted by atomic mass is 10.2. The first kappa shape index (κ1) is 19.0. The molecule has 2 aromatic carbocycles. The van der Waals surface area contributed by atoms with Gasteiger partial charge >= 0.3 is 0 Å². The maximum absolute atomic E-state index is 13.0. The monoisotopic (exact) mass is 396 g/mol. The first-order chi connectivity index (χ1) is 12.4. The van der Waals surface area contributed by atoms with E-state index in [-0.39, 0.29) is 21.8 Å². The van der Waals surface area contributed by atoms with Crippen LogP contribution in [0.15, 0.2) is 36.4 Å². The minimum absolute atomic E-state index is 0.0424. The van der Waals surface area contributed by atoms with Gasteiger partial charge in [-0.3, -0.25) is 4.79 Å². The number of nitrogens with zero attached hydrogens (tertiary/aromatic N) is 1. The highest BCUT2D eigenvalue weighted by Crippen LogP contribution is 2.30. The zero-order chi connectivity index (χ0) is 18.7. The van der Waals surface area contributed by atoms with Gasteiger partial charge in [-0.15, -0.1) is 0 Å². The first-order valence-electron chi connectivity index (χ1n) is 8.47. The molecule has 1 aliphatic heterocycles. The number of quaternary nitrogens is 1. The van der Waals surface area contributed by atoms with E-state index in [4.69, 9.17) is 23.2 Å². The zero-order valence-electron chi connectivity index (χ0n) is 14.1. The second-order valence-corrected chi connectivity index (χ2v) is 7.28. The number of benzene rings is 2. The number of hydrogen-bond donors (Lipinski definition) is 1. The van der Waals surface area contributed by atoms with Gasteiger partial charge in [-0.25, -0.2) is 4.39 Å². The summed E-state index contributed by atoms with van der Waals surface area (Å²) < 4.78 is 13.0. The molecule has 26 heavy (non-hydrogen) atoms. The Labute approximate surface area is 161 Å². The third kappa shape index (κ3) is 4.47. The summed E-state index contributed by atoms with van der Waals surface area (Å²) in [6.45, 7) is 3.76. The average molecular weight is 397 g/mol. The highest BCUT2D eigenvalue weighted by molar-refractivity contribution is 6.37. The predicted molar refractivity (Wildman–Crippen MR) is 97.2 cm³/mol. The van der Waals surface area contributed by atoms with Gasteiger partial charge < -0.3 is 14.9 Å². The van der Waals surface area contributed by atoms with Gasteiger partial charge in [0.2, 0.25) is 0 Å². The molecular formula is C19H19Cl2FN2O2. The molecule has 0 aliphatic carbocycles. The fourth-order valence-corrected chi connectivity index (χ4v) is 3.67. The normalized spacial score (nSPS) is 17.8.